The van der Waals surface area contributed by atoms with E-state index in [9.17, 15) is 0 Å². The van der Waals surface area contributed by atoms with Crippen LogP contribution in [-0.4, -0.2) is 0 Å². The lowest BCUT2D eigenvalue weighted by molar-refractivity contribution is 1.15. The Morgan fingerprint density at radius 3 is 2.00 bits per heavy atom. The normalized spacial score (nSPS) is 12.0. The van der Waals surface area contributed by atoms with Crippen LogP contribution in [0.15, 0.2) is 60.7 Å². The molecule has 0 fully saturated rings. The van der Waals surface area contributed by atoms with Crippen molar-refractivity contribution in [1.82, 2.24) is 0 Å². The van der Waals surface area contributed by atoms with Crippen LogP contribution < -0.4 is 5.73 Å². The zero-order valence-electron chi connectivity index (χ0n) is 13.1. The number of hydrogen-bond acceptors (Lipinski definition) is 1. The molecule has 0 saturated carbocycles. The van der Waals surface area contributed by atoms with Crippen molar-refractivity contribution in [3.63, 3.8) is 0 Å². The van der Waals surface area contributed by atoms with Crippen LogP contribution in [0.25, 0.3) is 43.1 Å². The maximum absolute atomic E-state index is 6.61. The number of rotatable bonds is 1. The Morgan fingerprint density at radius 2 is 1.30 bits per heavy atom. The van der Waals surface area contributed by atoms with Crippen molar-refractivity contribution < 1.29 is 0 Å². The number of anilines is 1. The quantitative estimate of drug-likeness (QED) is 0.233. The highest BCUT2D eigenvalue weighted by Crippen LogP contribution is 2.43. The summed E-state index contributed by atoms with van der Waals surface area (Å²) in [5.41, 5.74) is 8.78. The van der Waals surface area contributed by atoms with E-state index in [4.69, 9.17) is 5.73 Å². The molecule has 0 spiro atoms. The van der Waals surface area contributed by atoms with Gasteiger partial charge in [0, 0.05) is 11.1 Å². The second-order valence-electron chi connectivity index (χ2n) is 6.29. The molecule has 23 heavy (non-hydrogen) atoms. The predicted molar refractivity (Wildman–Crippen MR) is 101 cm³/mol. The summed E-state index contributed by atoms with van der Waals surface area (Å²) in [4.78, 5) is 0. The zero-order valence-corrected chi connectivity index (χ0v) is 13.1. The van der Waals surface area contributed by atoms with Crippen molar-refractivity contribution >= 4 is 48.8 Å². The van der Waals surface area contributed by atoms with Crippen LogP contribution in [0.2, 0.25) is 0 Å². The molecule has 1 nitrogen and oxygen atoms in total. The van der Waals surface area contributed by atoms with E-state index in [0.29, 0.717) is 0 Å². The van der Waals surface area contributed by atoms with Gasteiger partial charge in [0.25, 0.3) is 0 Å². The molecular weight excluding hydrogens is 278 g/mol. The van der Waals surface area contributed by atoms with E-state index in [1.807, 2.05) is 0 Å². The molecule has 2 N–H and O–H groups in total. The van der Waals surface area contributed by atoms with Gasteiger partial charge in [0.1, 0.15) is 0 Å². The fraction of sp³-hybridized carbons (Fsp3) is 0.0909. The van der Waals surface area contributed by atoms with Gasteiger partial charge in [-0.05, 0) is 55.8 Å². The Labute approximate surface area is 134 Å². The summed E-state index contributed by atoms with van der Waals surface area (Å²) >= 11 is 0. The lowest BCUT2D eigenvalue weighted by Gasteiger charge is -2.17. The number of nitrogens with two attached hydrogens (primary N) is 1. The van der Waals surface area contributed by atoms with E-state index in [1.165, 1.54) is 48.7 Å². The number of aryl methyl sites for hydroxylation is 1. The summed E-state index contributed by atoms with van der Waals surface area (Å²) in [7, 11) is 0. The van der Waals surface area contributed by atoms with Gasteiger partial charge in [-0.15, -0.1) is 0 Å². The van der Waals surface area contributed by atoms with Crippen molar-refractivity contribution in [1.29, 1.82) is 0 Å². The van der Waals surface area contributed by atoms with Crippen LogP contribution in [0.1, 0.15) is 12.5 Å². The first kappa shape index (κ1) is 12.7. The lowest BCUT2D eigenvalue weighted by atomic mass is 9.87. The van der Waals surface area contributed by atoms with E-state index in [1.54, 1.807) is 0 Å². The molecule has 0 saturated heterocycles. The lowest BCUT2D eigenvalue weighted by Crippen LogP contribution is -1.97. The van der Waals surface area contributed by atoms with Gasteiger partial charge in [0.15, 0.2) is 0 Å². The van der Waals surface area contributed by atoms with E-state index in [-0.39, 0.29) is 0 Å². The molecule has 0 aliphatic rings. The topological polar surface area (TPSA) is 26.0 Å². The number of fused-ring (bicyclic) bond motifs is 2. The molecule has 0 unspecified atom stereocenters. The smallest absolute Gasteiger partial charge is 0.0433 e. The molecule has 5 rings (SSSR count). The molecule has 0 radical (unpaired) electrons. The number of benzene rings is 5. The van der Waals surface area contributed by atoms with Gasteiger partial charge < -0.3 is 5.73 Å². The highest BCUT2D eigenvalue weighted by atomic mass is 14.6. The van der Waals surface area contributed by atoms with Crippen LogP contribution in [0.4, 0.5) is 5.69 Å². The van der Waals surface area contributed by atoms with E-state index >= 15 is 0 Å². The Balaban J connectivity index is 2.26. The minimum absolute atomic E-state index is 0.939. The van der Waals surface area contributed by atoms with Gasteiger partial charge in [-0.1, -0.05) is 61.5 Å². The SMILES string of the molecule is CCc1cc2cccc3c4cccc5cccc(c(c1N)c23)c54. The van der Waals surface area contributed by atoms with Gasteiger partial charge in [-0.3, -0.25) is 0 Å². The average Bonchev–Trinajstić information content (AvgIpc) is 2.60. The molecule has 0 aliphatic carbocycles. The molecule has 110 valence electrons. The van der Waals surface area contributed by atoms with Crippen LogP contribution in [0, 0.1) is 0 Å². The molecule has 0 atom stereocenters. The number of nitrogen functional groups attached to an aromatic ring is 1. The third-order valence-electron chi connectivity index (χ3n) is 5.14. The molecule has 0 amide bonds. The van der Waals surface area contributed by atoms with Crippen LogP contribution in [0.3, 0.4) is 0 Å². The molecule has 0 aromatic heterocycles. The summed E-state index contributed by atoms with van der Waals surface area (Å²) in [5, 5.41) is 10.3. The van der Waals surface area contributed by atoms with E-state index in [0.717, 1.165) is 12.1 Å². The highest BCUT2D eigenvalue weighted by molar-refractivity contribution is 6.35. The monoisotopic (exact) mass is 295 g/mol. The Kier molecular flexibility index (Phi) is 2.41. The molecule has 1 heteroatoms. The van der Waals surface area contributed by atoms with Gasteiger partial charge >= 0.3 is 0 Å². The standard InChI is InChI=1S/C22H17N/c1-2-13-12-15-8-5-10-17-16-9-3-6-14-7-4-11-18(19(14)16)21(20(15)17)22(13)23/h3-12H,2,23H2,1H3. The summed E-state index contributed by atoms with van der Waals surface area (Å²) in [5.74, 6) is 0. The van der Waals surface area contributed by atoms with E-state index < -0.39 is 0 Å². The van der Waals surface area contributed by atoms with Crippen molar-refractivity contribution in [2.24, 2.45) is 0 Å². The van der Waals surface area contributed by atoms with E-state index in [2.05, 4.69) is 67.6 Å². The average molecular weight is 295 g/mol. The second-order valence-corrected chi connectivity index (χ2v) is 6.29. The van der Waals surface area contributed by atoms with Crippen LogP contribution in [-0.2, 0) is 6.42 Å². The molecule has 0 aliphatic heterocycles. The maximum Gasteiger partial charge on any atom is 0.0433 e. The molecule has 5 aromatic rings. The maximum atomic E-state index is 6.61. The fourth-order valence-electron chi connectivity index (χ4n) is 4.10. The van der Waals surface area contributed by atoms with Gasteiger partial charge in [0.05, 0.1) is 0 Å². The Bertz CT molecular complexity index is 1200. The first-order valence-electron chi connectivity index (χ1n) is 8.16. The van der Waals surface area contributed by atoms with Crippen molar-refractivity contribution in [3.8, 4) is 0 Å². The second kappa shape index (κ2) is 4.36. The van der Waals surface area contributed by atoms with Crippen LogP contribution >= 0.6 is 0 Å². The zero-order chi connectivity index (χ0) is 15.6. The molecular formula is C22H17N. The van der Waals surface area contributed by atoms with Crippen molar-refractivity contribution in [2.75, 3.05) is 5.73 Å². The first-order valence-corrected chi connectivity index (χ1v) is 8.16. The Morgan fingerprint density at radius 1 is 0.696 bits per heavy atom. The largest absolute Gasteiger partial charge is 0.398 e. The third kappa shape index (κ3) is 1.52. The first-order chi connectivity index (χ1) is 11.3. The van der Waals surface area contributed by atoms with Crippen molar-refractivity contribution in [3.05, 3.63) is 66.2 Å². The molecule has 0 bridgehead atoms. The highest BCUT2D eigenvalue weighted by Gasteiger charge is 2.15. The van der Waals surface area contributed by atoms with Crippen LogP contribution in [0.5, 0.6) is 0 Å². The summed E-state index contributed by atoms with van der Waals surface area (Å²) < 4.78 is 0. The summed E-state index contributed by atoms with van der Waals surface area (Å²) in [6, 6.07) is 21.9. The molecule has 5 aromatic carbocycles. The minimum atomic E-state index is 0.939. The predicted octanol–water partition coefficient (Wildman–Crippen LogP) is 5.88. The van der Waals surface area contributed by atoms with Gasteiger partial charge in [0.2, 0.25) is 0 Å². The van der Waals surface area contributed by atoms with Gasteiger partial charge in [-0.2, -0.15) is 0 Å². The summed E-state index contributed by atoms with van der Waals surface area (Å²) in [6.45, 7) is 2.17. The fourth-order valence-corrected chi connectivity index (χ4v) is 4.10. The Hall–Kier alpha value is -2.80. The van der Waals surface area contributed by atoms with Gasteiger partial charge in [-0.25, -0.2) is 0 Å². The minimum Gasteiger partial charge on any atom is -0.398 e. The molecule has 0 heterocycles. The summed E-state index contributed by atoms with van der Waals surface area (Å²) in [6.07, 6.45) is 0.955. The third-order valence-corrected chi connectivity index (χ3v) is 5.14. The van der Waals surface area contributed by atoms with Crippen molar-refractivity contribution in [2.45, 2.75) is 13.3 Å². The number of hydrogen-bond donors (Lipinski definition) is 1.